The number of amides is 1. The van der Waals surface area contributed by atoms with Gasteiger partial charge in [-0.05, 0) is 55.3 Å². The van der Waals surface area contributed by atoms with E-state index in [0.29, 0.717) is 44.7 Å². The average molecular weight is 479 g/mol. The first kappa shape index (κ1) is 21.7. The third-order valence-electron chi connectivity index (χ3n) is 5.33. The molecule has 0 spiro atoms. The minimum Gasteiger partial charge on any atom is -0.495 e. The van der Waals surface area contributed by atoms with Crippen molar-refractivity contribution in [2.24, 2.45) is 0 Å². The van der Waals surface area contributed by atoms with Crippen LogP contribution in [0.15, 0.2) is 47.3 Å². The van der Waals surface area contributed by atoms with Crippen molar-refractivity contribution in [3.8, 4) is 11.4 Å². The predicted octanol–water partition coefficient (Wildman–Crippen LogP) is 4.79. The van der Waals surface area contributed by atoms with E-state index in [-0.39, 0.29) is 29.3 Å². The summed E-state index contributed by atoms with van der Waals surface area (Å²) >= 11 is 18.4. The van der Waals surface area contributed by atoms with Crippen LogP contribution in [0.5, 0.6) is 5.75 Å². The van der Waals surface area contributed by atoms with E-state index < -0.39 is 0 Å². The number of benzene rings is 2. The Kier molecular flexibility index (Phi) is 5.97. The van der Waals surface area contributed by atoms with E-state index >= 15 is 0 Å². The molecule has 160 valence electrons. The number of fused-ring (bicyclic) bond motifs is 1. The van der Waals surface area contributed by atoms with Crippen LogP contribution in [0.2, 0.25) is 15.3 Å². The standard InChI is InChI=1S/C22H18Cl3N3O3/c1-12-9-14-17(11-27(12)20(29)13-7-8-15(23)16(24)10-13)26-22(25)28(21(14)30)18-5-3-4-6-19(18)31-2/h3-8,10,12H,9,11H2,1-2H3. The molecule has 0 saturated carbocycles. The smallest absolute Gasteiger partial charge is 0.262 e. The van der Waals surface area contributed by atoms with Gasteiger partial charge in [0.25, 0.3) is 11.5 Å². The number of para-hydroxylation sites is 2. The summed E-state index contributed by atoms with van der Waals surface area (Å²) < 4.78 is 6.71. The van der Waals surface area contributed by atoms with Gasteiger partial charge in [-0.15, -0.1) is 0 Å². The van der Waals surface area contributed by atoms with Gasteiger partial charge in [0.1, 0.15) is 5.75 Å². The quantitative estimate of drug-likeness (QED) is 0.508. The first-order valence-electron chi connectivity index (χ1n) is 9.51. The van der Waals surface area contributed by atoms with E-state index in [1.807, 2.05) is 13.0 Å². The fraction of sp³-hybridized carbons (Fsp3) is 0.227. The fourth-order valence-corrected chi connectivity index (χ4v) is 4.29. The highest BCUT2D eigenvalue weighted by molar-refractivity contribution is 6.42. The van der Waals surface area contributed by atoms with Gasteiger partial charge < -0.3 is 9.64 Å². The van der Waals surface area contributed by atoms with E-state index in [4.69, 9.17) is 39.5 Å². The van der Waals surface area contributed by atoms with Crippen LogP contribution in [0.3, 0.4) is 0 Å². The van der Waals surface area contributed by atoms with Gasteiger partial charge in [0.15, 0.2) is 0 Å². The number of rotatable bonds is 3. The molecule has 0 saturated heterocycles. The summed E-state index contributed by atoms with van der Waals surface area (Å²) in [6.07, 6.45) is 0.348. The lowest BCUT2D eigenvalue weighted by Gasteiger charge is -2.34. The number of methoxy groups -OCH3 is 1. The lowest BCUT2D eigenvalue weighted by Crippen LogP contribution is -2.45. The average Bonchev–Trinajstić information content (AvgIpc) is 2.76. The Morgan fingerprint density at radius 1 is 1.13 bits per heavy atom. The molecular weight excluding hydrogens is 461 g/mol. The second-order valence-corrected chi connectivity index (χ2v) is 8.39. The van der Waals surface area contributed by atoms with Gasteiger partial charge in [0.2, 0.25) is 5.28 Å². The Balaban J connectivity index is 1.74. The molecular formula is C22H18Cl3N3O3. The van der Waals surface area contributed by atoms with Crippen molar-refractivity contribution in [3.05, 3.63) is 85.0 Å². The van der Waals surface area contributed by atoms with Crippen molar-refractivity contribution in [1.29, 1.82) is 0 Å². The van der Waals surface area contributed by atoms with E-state index in [2.05, 4.69) is 4.98 Å². The van der Waals surface area contributed by atoms with Gasteiger partial charge in [-0.25, -0.2) is 9.55 Å². The van der Waals surface area contributed by atoms with Crippen molar-refractivity contribution >= 4 is 40.7 Å². The van der Waals surface area contributed by atoms with Crippen molar-refractivity contribution in [3.63, 3.8) is 0 Å². The van der Waals surface area contributed by atoms with Crippen LogP contribution in [0.25, 0.3) is 5.69 Å². The zero-order chi connectivity index (χ0) is 22.3. The highest BCUT2D eigenvalue weighted by Crippen LogP contribution is 2.28. The van der Waals surface area contributed by atoms with Crippen LogP contribution in [0, 0.1) is 0 Å². The molecule has 3 aromatic rings. The maximum atomic E-state index is 13.3. The Labute approximate surface area is 193 Å². The molecule has 0 aliphatic carbocycles. The van der Waals surface area contributed by atoms with Crippen LogP contribution >= 0.6 is 34.8 Å². The Hall–Kier alpha value is -2.54. The monoisotopic (exact) mass is 477 g/mol. The highest BCUT2D eigenvalue weighted by Gasteiger charge is 2.32. The number of carbonyl (C=O) groups is 1. The van der Waals surface area contributed by atoms with Gasteiger partial charge in [-0.1, -0.05) is 35.3 Å². The molecule has 2 aromatic carbocycles. The summed E-state index contributed by atoms with van der Waals surface area (Å²) in [6, 6.07) is 11.6. The second-order valence-electron chi connectivity index (χ2n) is 7.23. The van der Waals surface area contributed by atoms with Crippen molar-refractivity contribution in [1.82, 2.24) is 14.5 Å². The summed E-state index contributed by atoms with van der Waals surface area (Å²) in [5.74, 6) is 0.289. The molecule has 0 N–H and O–H groups in total. The number of aromatic nitrogens is 2. The first-order chi connectivity index (χ1) is 14.8. The second kappa shape index (κ2) is 8.54. The molecule has 1 atom stereocenters. The summed E-state index contributed by atoms with van der Waals surface area (Å²) in [4.78, 5) is 32.5. The molecule has 9 heteroatoms. The number of hydrogen-bond donors (Lipinski definition) is 0. The largest absolute Gasteiger partial charge is 0.495 e. The minimum absolute atomic E-state index is 0.00439. The molecule has 1 aliphatic heterocycles. The van der Waals surface area contributed by atoms with Gasteiger partial charge in [0, 0.05) is 17.2 Å². The molecule has 1 amide bonds. The number of nitrogens with zero attached hydrogens (tertiary/aromatic N) is 3. The molecule has 0 radical (unpaired) electrons. The first-order valence-corrected chi connectivity index (χ1v) is 10.6. The van der Waals surface area contributed by atoms with E-state index in [1.165, 1.54) is 17.7 Å². The maximum absolute atomic E-state index is 13.3. The van der Waals surface area contributed by atoms with Crippen LogP contribution in [0.1, 0.15) is 28.5 Å². The van der Waals surface area contributed by atoms with Gasteiger partial charge >= 0.3 is 0 Å². The van der Waals surface area contributed by atoms with Crippen molar-refractivity contribution in [2.75, 3.05) is 7.11 Å². The van der Waals surface area contributed by atoms with E-state index in [9.17, 15) is 9.59 Å². The lowest BCUT2D eigenvalue weighted by atomic mass is 9.98. The summed E-state index contributed by atoms with van der Waals surface area (Å²) in [7, 11) is 1.53. The number of hydrogen-bond acceptors (Lipinski definition) is 4. The molecule has 1 aromatic heterocycles. The van der Waals surface area contributed by atoms with E-state index in [0.717, 1.165) is 0 Å². The maximum Gasteiger partial charge on any atom is 0.262 e. The van der Waals surface area contributed by atoms with Gasteiger partial charge in [-0.2, -0.15) is 0 Å². The zero-order valence-corrected chi connectivity index (χ0v) is 19.0. The highest BCUT2D eigenvalue weighted by atomic mass is 35.5. The molecule has 0 bridgehead atoms. The predicted molar refractivity (Wildman–Crippen MR) is 121 cm³/mol. The van der Waals surface area contributed by atoms with Crippen LogP contribution in [-0.4, -0.2) is 33.5 Å². The third-order valence-corrected chi connectivity index (χ3v) is 6.32. The lowest BCUT2D eigenvalue weighted by molar-refractivity contribution is 0.0653. The summed E-state index contributed by atoms with van der Waals surface area (Å²) in [5, 5.41) is 0.684. The molecule has 2 heterocycles. The molecule has 4 rings (SSSR count). The molecule has 6 nitrogen and oxygen atoms in total. The van der Waals surface area contributed by atoms with E-state index in [1.54, 1.807) is 35.2 Å². The summed E-state index contributed by atoms with van der Waals surface area (Å²) in [5.41, 5.74) is 1.66. The zero-order valence-electron chi connectivity index (χ0n) is 16.7. The van der Waals surface area contributed by atoms with Crippen LogP contribution in [0.4, 0.5) is 0 Å². The topological polar surface area (TPSA) is 64.4 Å². The SMILES string of the molecule is COc1ccccc1-n1c(Cl)nc2c(c1=O)CC(C)N(C(=O)c1ccc(Cl)c(Cl)c1)C2. The molecule has 1 aliphatic rings. The number of ether oxygens (including phenoxy) is 1. The van der Waals surface area contributed by atoms with Crippen LogP contribution < -0.4 is 10.3 Å². The Bertz CT molecular complexity index is 1240. The van der Waals surface area contributed by atoms with Crippen molar-refractivity contribution in [2.45, 2.75) is 25.9 Å². The number of halogens is 3. The number of carbonyl (C=O) groups excluding carboxylic acids is 1. The van der Waals surface area contributed by atoms with Gasteiger partial charge in [-0.3, -0.25) is 9.59 Å². The molecule has 1 unspecified atom stereocenters. The van der Waals surface area contributed by atoms with Crippen molar-refractivity contribution < 1.29 is 9.53 Å². The fourth-order valence-electron chi connectivity index (χ4n) is 3.72. The molecule has 31 heavy (non-hydrogen) atoms. The van der Waals surface area contributed by atoms with Gasteiger partial charge in [0.05, 0.1) is 35.1 Å². The Morgan fingerprint density at radius 3 is 2.58 bits per heavy atom. The third kappa shape index (κ3) is 3.91. The normalized spacial score (nSPS) is 15.5. The minimum atomic E-state index is -0.270. The van der Waals surface area contributed by atoms with Crippen LogP contribution in [-0.2, 0) is 13.0 Å². The molecule has 0 fully saturated rings. The Morgan fingerprint density at radius 2 is 1.87 bits per heavy atom. The summed E-state index contributed by atoms with van der Waals surface area (Å²) in [6.45, 7) is 2.05.